The number of hydrogen-bond donors (Lipinski definition) is 1. The molecule has 0 fully saturated rings. The molecule has 1 heterocycles. The Hall–Kier alpha value is -1.89. The number of aromatic nitrogens is 2. The Balaban J connectivity index is 2.33. The molecule has 0 spiro atoms. The molecule has 0 bridgehead atoms. The van der Waals surface area contributed by atoms with E-state index in [-0.39, 0.29) is 4.90 Å². The predicted octanol–water partition coefficient (Wildman–Crippen LogP) is 1.67. The largest absolute Gasteiger partial charge is 0.280 e. The molecule has 0 saturated heterocycles. The van der Waals surface area contributed by atoms with Gasteiger partial charge >= 0.3 is 0 Å². The average molecular weight is 269 g/mol. The third-order valence-electron chi connectivity index (χ3n) is 2.58. The van der Waals surface area contributed by atoms with Gasteiger partial charge < -0.3 is 0 Å². The zero-order valence-electron chi connectivity index (χ0n) is 9.88. The van der Waals surface area contributed by atoms with Gasteiger partial charge in [-0.3, -0.25) is 9.40 Å². The van der Waals surface area contributed by atoms with Crippen molar-refractivity contribution in [3.8, 4) is 0 Å². The third-order valence-corrected chi connectivity index (χ3v) is 4.06. The Morgan fingerprint density at radius 2 is 1.89 bits per heavy atom. The number of nitrogens with one attached hydrogen (secondary N) is 1. The van der Waals surface area contributed by atoms with Crippen LogP contribution in [0.5, 0.6) is 0 Å². The molecule has 0 aliphatic heterocycles. The van der Waals surface area contributed by atoms with Crippen LogP contribution in [0.1, 0.15) is 5.69 Å². The van der Waals surface area contributed by atoms with Crippen molar-refractivity contribution in [1.29, 1.82) is 0 Å². The van der Waals surface area contributed by atoms with Gasteiger partial charge in [0.15, 0.2) is 0 Å². The summed E-state index contributed by atoms with van der Waals surface area (Å²) in [5.74, 6) is -0.421. The van der Waals surface area contributed by atoms with E-state index in [4.69, 9.17) is 0 Å². The highest BCUT2D eigenvalue weighted by atomic mass is 32.2. The van der Waals surface area contributed by atoms with Gasteiger partial charge in [-0.25, -0.2) is 12.8 Å². The summed E-state index contributed by atoms with van der Waals surface area (Å²) >= 11 is 0. The first-order valence-electron chi connectivity index (χ1n) is 5.17. The smallest absolute Gasteiger partial charge is 0.265 e. The van der Waals surface area contributed by atoms with E-state index in [1.807, 2.05) is 0 Å². The van der Waals surface area contributed by atoms with Crippen molar-refractivity contribution in [2.45, 2.75) is 11.8 Å². The predicted molar refractivity (Wildman–Crippen MR) is 65.2 cm³/mol. The molecule has 96 valence electrons. The monoisotopic (exact) mass is 269 g/mol. The Morgan fingerprint density at radius 1 is 1.28 bits per heavy atom. The van der Waals surface area contributed by atoms with Crippen LogP contribution in [0.3, 0.4) is 0 Å². The van der Waals surface area contributed by atoms with Crippen LogP contribution in [0, 0.1) is 12.7 Å². The number of sulfonamides is 1. The van der Waals surface area contributed by atoms with Crippen LogP contribution in [-0.2, 0) is 17.1 Å². The molecule has 18 heavy (non-hydrogen) atoms. The molecule has 1 aromatic carbocycles. The normalized spacial score (nSPS) is 11.5. The van der Waals surface area contributed by atoms with Gasteiger partial charge in [0.2, 0.25) is 0 Å². The van der Waals surface area contributed by atoms with E-state index >= 15 is 0 Å². The molecule has 0 amide bonds. The molecule has 7 heteroatoms. The van der Waals surface area contributed by atoms with Gasteiger partial charge in [-0.05, 0) is 31.2 Å². The minimum absolute atomic E-state index is 0.106. The fourth-order valence-corrected chi connectivity index (χ4v) is 2.73. The molecular weight excluding hydrogens is 257 g/mol. The highest BCUT2D eigenvalue weighted by molar-refractivity contribution is 7.92. The highest BCUT2D eigenvalue weighted by Gasteiger charge is 2.19. The summed E-state index contributed by atoms with van der Waals surface area (Å²) in [6, 6.07) is 5.10. The van der Waals surface area contributed by atoms with Crippen LogP contribution in [0.15, 0.2) is 35.4 Å². The van der Waals surface area contributed by atoms with E-state index in [2.05, 4.69) is 9.82 Å². The summed E-state index contributed by atoms with van der Waals surface area (Å²) in [6.07, 6.45) is 1.28. The quantitative estimate of drug-likeness (QED) is 0.921. The minimum atomic E-state index is -3.69. The second-order valence-corrected chi connectivity index (χ2v) is 5.48. The van der Waals surface area contributed by atoms with Crippen LogP contribution < -0.4 is 4.72 Å². The molecule has 0 atom stereocenters. The maximum atomic E-state index is 12.7. The van der Waals surface area contributed by atoms with E-state index in [1.54, 1.807) is 14.0 Å². The first kappa shape index (κ1) is 12.6. The maximum Gasteiger partial charge on any atom is 0.265 e. The van der Waals surface area contributed by atoms with Crippen LogP contribution in [-0.4, -0.2) is 18.2 Å². The number of halogens is 1. The van der Waals surface area contributed by atoms with Crippen LogP contribution in [0.4, 0.5) is 10.1 Å². The zero-order valence-corrected chi connectivity index (χ0v) is 10.7. The second kappa shape index (κ2) is 4.41. The van der Waals surface area contributed by atoms with E-state index in [1.165, 1.54) is 35.1 Å². The topological polar surface area (TPSA) is 64.0 Å². The van der Waals surface area contributed by atoms with E-state index in [0.29, 0.717) is 11.4 Å². The molecule has 2 rings (SSSR count). The molecule has 0 aliphatic carbocycles. The number of nitrogens with zero attached hydrogens (tertiary/aromatic N) is 2. The molecular formula is C11H12FN3O2S. The fraction of sp³-hybridized carbons (Fsp3) is 0.182. The Kier molecular flexibility index (Phi) is 3.08. The summed E-state index contributed by atoms with van der Waals surface area (Å²) in [5.41, 5.74) is 0.837. The number of anilines is 1. The lowest BCUT2D eigenvalue weighted by atomic mass is 10.3. The van der Waals surface area contributed by atoms with Gasteiger partial charge in [-0.2, -0.15) is 5.10 Å². The molecule has 0 unspecified atom stereocenters. The number of rotatable bonds is 3. The Labute approximate surface area is 104 Å². The number of hydrogen-bond acceptors (Lipinski definition) is 3. The lowest BCUT2D eigenvalue weighted by Crippen LogP contribution is -2.13. The lowest BCUT2D eigenvalue weighted by molar-refractivity contribution is 0.600. The molecule has 1 N–H and O–H groups in total. The van der Waals surface area contributed by atoms with E-state index in [0.717, 1.165) is 0 Å². The molecule has 5 nitrogen and oxygen atoms in total. The second-order valence-electron chi connectivity index (χ2n) is 3.83. The SMILES string of the molecule is Cc1c(S(=O)(=O)Nc2ccc(F)cc2)cnn1C. The molecule has 0 radical (unpaired) electrons. The van der Waals surface area contributed by atoms with Crippen molar-refractivity contribution in [1.82, 2.24) is 9.78 Å². The van der Waals surface area contributed by atoms with Gasteiger partial charge in [0, 0.05) is 12.7 Å². The van der Waals surface area contributed by atoms with Crippen molar-refractivity contribution in [2.24, 2.45) is 7.05 Å². The van der Waals surface area contributed by atoms with Crippen molar-refractivity contribution < 1.29 is 12.8 Å². The first-order valence-corrected chi connectivity index (χ1v) is 6.65. The van der Waals surface area contributed by atoms with Gasteiger partial charge in [0.25, 0.3) is 10.0 Å². The van der Waals surface area contributed by atoms with Crippen molar-refractivity contribution >= 4 is 15.7 Å². The third kappa shape index (κ3) is 2.35. The average Bonchev–Trinajstić information content (AvgIpc) is 2.63. The summed E-state index contributed by atoms with van der Waals surface area (Å²) < 4.78 is 40.7. The van der Waals surface area contributed by atoms with Crippen molar-refractivity contribution in [2.75, 3.05) is 4.72 Å². The van der Waals surface area contributed by atoms with Crippen LogP contribution in [0.2, 0.25) is 0 Å². The van der Waals surface area contributed by atoms with E-state index in [9.17, 15) is 12.8 Å². The number of benzene rings is 1. The highest BCUT2D eigenvalue weighted by Crippen LogP contribution is 2.18. The summed E-state index contributed by atoms with van der Waals surface area (Å²) in [6.45, 7) is 1.66. The Morgan fingerprint density at radius 3 is 2.39 bits per heavy atom. The van der Waals surface area contributed by atoms with Crippen molar-refractivity contribution in [3.05, 3.63) is 42.0 Å². The molecule has 1 aromatic heterocycles. The standard InChI is InChI=1S/C11H12FN3O2S/c1-8-11(7-13-15(8)2)18(16,17)14-10-5-3-9(12)4-6-10/h3-7,14H,1-2H3. The van der Waals surface area contributed by atoms with Crippen LogP contribution >= 0.6 is 0 Å². The van der Waals surface area contributed by atoms with Gasteiger partial charge in [-0.1, -0.05) is 0 Å². The number of aryl methyl sites for hydroxylation is 1. The van der Waals surface area contributed by atoms with Gasteiger partial charge in [-0.15, -0.1) is 0 Å². The molecule has 0 saturated carbocycles. The Bertz CT molecular complexity index is 662. The molecule has 2 aromatic rings. The summed E-state index contributed by atoms with van der Waals surface area (Å²) in [4.78, 5) is 0.106. The van der Waals surface area contributed by atoms with E-state index < -0.39 is 15.8 Å². The van der Waals surface area contributed by atoms with Crippen molar-refractivity contribution in [3.63, 3.8) is 0 Å². The lowest BCUT2D eigenvalue weighted by Gasteiger charge is -2.07. The fourth-order valence-electron chi connectivity index (χ4n) is 1.47. The summed E-state index contributed by atoms with van der Waals surface area (Å²) in [7, 11) is -2.03. The van der Waals surface area contributed by atoms with Crippen LogP contribution in [0.25, 0.3) is 0 Å². The zero-order chi connectivity index (χ0) is 13.3. The van der Waals surface area contributed by atoms with Gasteiger partial charge in [0.1, 0.15) is 10.7 Å². The van der Waals surface area contributed by atoms with Gasteiger partial charge in [0.05, 0.1) is 11.9 Å². The maximum absolute atomic E-state index is 12.7. The molecule has 0 aliphatic rings. The first-order chi connectivity index (χ1) is 8.40. The minimum Gasteiger partial charge on any atom is -0.280 e. The summed E-state index contributed by atoms with van der Waals surface area (Å²) in [5, 5.41) is 3.88.